The third-order valence-electron chi connectivity index (χ3n) is 8.27. The molecule has 3 atom stereocenters. The Morgan fingerprint density at radius 3 is 2.48 bits per heavy atom. The second-order valence-corrected chi connectivity index (χ2v) is 12.0. The van der Waals surface area contributed by atoms with E-state index in [1.807, 2.05) is 27.7 Å². The van der Waals surface area contributed by atoms with Gasteiger partial charge in [0.25, 0.3) is 5.91 Å². The van der Waals surface area contributed by atoms with E-state index >= 15 is 0 Å². The number of benzene rings is 1. The van der Waals surface area contributed by atoms with E-state index in [1.54, 1.807) is 23.8 Å². The molecular formula is C31H48F3N3O5. The number of rotatable bonds is 15. The number of alkyl halides is 3. The van der Waals surface area contributed by atoms with Gasteiger partial charge in [0, 0.05) is 44.6 Å². The SMILES string of the molecule is CCC(C)(COCC1CO1)C(=O)N(CCCCOC)c1cc(C(=O)N(C(C)C)C2CCCNC2)c(C(F)(F)F)cc1C. The van der Waals surface area contributed by atoms with Gasteiger partial charge in [-0.3, -0.25) is 9.59 Å². The Bertz CT molecular complexity index is 1060. The summed E-state index contributed by atoms with van der Waals surface area (Å²) in [4.78, 5) is 31.3. The van der Waals surface area contributed by atoms with Crippen LogP contribution in [0.3, 0.4) is 0 Å². The summed E-state index contributed by atoms with van der Waals surface area (Å²) in [5, 5.41) is 3.26. The lowest BCUT2D eigenvalue weighted by Gasteiger charge is -2.39. The van der Waals surface area contributed by atoms with Gasteiger partial charge in [-0.05, 0) is 84.0 Å². The number of carbonyl (C=O) groups excluding carboxylic acids is 2. The number of piperidine rings is 1. The third kappa shape index (κ3) is 8.67. The van der Waals surface area contributed by atoms with Gasteiger partial charge in [0.15, 0.2) is 0 Å². The Morgan fingerprint density at radius 1 is 1.21 bits per heavy atom. The molecule has 2 heterocycles. The molecule has 238 valence electrons. The first-order chi connectivity index (χ1) is 19.8. The highest BCUT2D eigenvalue weighted by atomic mass is 19.4. The van der Waals surface area contributed by atoms with Gasteiger partial charge in [0.05, 0.1) is 36.4 Å². The summed E-state index contributed by atoms with van der Waals surface area (Å²) < 4.78 is 59.5. The monoisotopic (exact) mass is 599 g/mol. The second kappa shape index (κ2) is 15.0. The molecular weight excluding hydrogens is 551 g/mol. The minimum atomic E-state index is -4.74. The fourth-order valence-corrected chi connectivity index (χ4v) is 5.50. The van der Waals surface area contributed by atoms with Crippen molar-refractivity contribution in [3.05, 3.63) is 28.8 Å². The van der Waals surface area contributed by atoms with Crippen LogP contribution in [0.1, 0.15) is 81.3 Å². The first-order valence-electron chi connectivity index (χ1n) is 15.1. The van der Waals surface area contributed by atoms with E-state index in [2.05, 4.69) is 5.32 Å². The van der Waals surface area contributed by atoms with Crippen molar-refractivity contribution in [2.75, 3.05) is 58.1 Å². The number of ether oxygens (including phenoxy) is 3. The van der Waals surface area contributed by atoms with Crippen molar-refractivity contribution >= 4 is 17.5 Å². The predicted octanol–water partition coefficient (Wildman–Crippen LogP) is 5.21. The molecule has 2 fully saturated rings. The standard InChI is InChI=1S/C31H48F3N3O5/c1-7-30(5,20-41-18-24-19-42-24)29(39)36(13-8-9-14-40-6)27-16-25(26(15-22(27)4)31(32,33)34)28(38)37(21(2)3)23-11-10-12-35-17-23/h15-16,21,23-24,35H,7-14,17-20H2,1-6H3. The average molecular weight is 600 g/mol. The molecule has 0 radical (unpaired) electrons. The Kier molecular flexibility index (Phi) is 12.2. The highest BCUT2D eigenvalue weighted by Gasteiger charge is 2.41. The molecule has 0 saturated carbocycles. The molecule has 2 amide bonds. The molecule has 2 saturated heterocycles. The lowest BCUT2D eigenvalue weighted by molar-refractivity contribution is -0.138. The van der Waals surface area contributed by atoms with E-state index in [-0.39, 0.29) is 42.8 Å². The molecule has 1 aromatic rings. The zero-order chi connectivity index (χ0) is 31.1. The van der Waals surface area contributed by atoms with Gasteiger partial charge in [0.1, 0.15) is 6.10 Å². The number of hydrogen-bond acceptors (Lipinski definition) is 6. The maximum Gasteiger partial charge on any atom is 0.417 e. The Balaban J connectivity index is 2.07. The molecule has 3 unspecified atom stereocenters. The predicted molar refractivity (Wildman–Crippen MR) is 156 cm³/mol. The maximum absolute atomic E-state index is 14.4. The van der Waals surface area contributed by atoms with Crippen molar-refractivity contribution in [1.82, 2.24) is 10.2 Å². The molecule has 8 nitrogen and oxygen atoms in total. The molecule has 42 heavy (non-hydrogen) atoms. The van der Waals surface area contributed by atoms with Crippen LogP contribution >= 0.6 is 0 Å². The van der Waals surface area contributed by atoms with Crippen molar-refractivity contribution in [3.63, 3.8) is 0 Å². The quantitative estimate of drug-likeness (QED) is 0.220. The number of unbranched alkanes of at least 4 members (excludes halogenated alkanes) is 1. The number of aryl methyl sites for hydroxylation is 1. The van der Waals surface area contributed by atoms with Crippen LogP contribution in [0.15, 0.2) is 12.1 Å². The molecule has 1 aromatic carbocycles. The normalized spacial score (nSPS) is 20.3. The minimum absolute atomic E-state index is 0.0420. The first-order valence-corrected chi connectivity index (χ1v) is 15.1. The lowest BCUT2D eigenvalue weighted by atomic mass is 9.86. The van der Waals surface area contributed by atoms with Gasteiger partial charge < -0.3 is 29.3 Å². The number of methoxy groups -OCH3 is 1. The number of nitrogens with zero attached hydrogens (tertiary/aromatic N) is 2. The second-order valence-electron chi connectivity index (χ2n) is 12.0. The lowest BCUT2D eigenvalue weighted by Crippen LogP contribution is -2.52. The molecule has 1 N–H and O–H groups in total. The van der Waals surface area contributed by atoms with Gasteiger partial charge in [-0.2, -0.15) is 13.2 Å². The number of amides is 2. The van der Waals surface area contributed by atoms with Crippen molar-refractivity contribution in [3.8, 4) is 0 Å². The van der Waals surface area contributed by atoms with Gasteiger partial charge in [-0.25, -0.2) is 0 Å². The summed E-state index contributed by atoms with van der Waals surface area (Å²) in [5.41, 5.74) is -1.75. The minimum Gasteiger partial charge on any atom is -0.385 e. The number of carbonyl (C=O) groups is 2. The summed E-state index contributed by atoms with van der Waals surface area (Å²) in [6.07, 6.45) is -1.45. The fraction of sp³-hybridized carbons (Fsp3) is 0.742. The Morgan fingerprint density at radius 2 is 1.93 bits per heavy atom. The van der Waals surface area contributed by atoms with E-state index in [0.29, 0.717) is 57.7 Å². The van der Waals surface area contributed by atoms with E-state index in [0.717, 1.165) is 19.0 Å². The number of halogens is 3. The van der Waals surface area contributed by atoms with Gasteiger partial charge in [0.2, 0.25) is 5.91 Å². The Hall–Kier alpha value is -2.21. The summed E-state index contributed by atoms with van der Waals surface area (Å²) >= 11 is 0. The average Bonchev–Trinajstić information content (AvgIpc) is 3.77. The molecule has 0 spiro atoms. The van der Waals surface area contributed by atoms with Crippen LogP contribution in [0.4, 0.5) is 18.9 Å². The van der Waals surface area contributed by atoms with Crippen LogP contribution in [-0.4, -0.2) is 88.1 Å². The van der Waals surface area contributed by atoms with Crippen molar-refractivity contribution in [2.24, 2.45) is 5.41 Å². The summed E-state index contributed by atoms with van der Waals surface area (Å²) in [6.45, 7) is 12.2. The van der Waals surface area contributed by atoms with Gasteiger partial charge >= 0.3 is 6.18 Å². The van der Waals surface area contributed by atoms with Gasteiger partial charge in [-0.1, -0.05) is 6.92 Å². The highest BCUT2D eigenvalue weighted by Crippen LogP contribution is 2.39. The summed E-state index contributed by atoms with van der Waals surface area (Å²) in [6, 6.07) is 1.77. The zero-order valence-corrected chi connectivity index (χ0v) is 25.9. The summed E-state index contributed by atoms with van der Waals surface area (Å²) in [5.74, 6) is -0.928. The number of nitrogens with one attached hydrogen (secondary N) is 1. The van der Waals surface area contributed by atoms with Gasteiger partial charge in [-0.15, -0.1) is 0 Å². The largest absolute Gasteiger partial charge is 0.417 e. The van der Waals surface area contributed by atoms with Crippen LogP contribution in [0.25, 0.3) is 0 Å². The summed E-state index contributed by atoms with van der Waals surface area (Å²) in [7, 11) is 1.60. The third-order valence-corrected chi connectivity index (χ3v) is 8.27. The van der Waals surface area contributed by atoms with Crippen LogP contribution in [0.5, 0.6) is 0 Å². The number of hydrogen-bond donors (Lipinski definition) is 1. The smallest absolute Gasteiger partial charge is 0.385 e. The van der Waals surface area contributed by atoms with E-state index < -0.39 is 28.6 Å². The van der Waals surface area contributed by atoms with Crippen molar-refractivity contribution < 1.29 is 37.0 Å². The molecule has 0 bridgehead atoms. The Labute approximate surface area is 248 Å². The topological polar surface area (TPSA) is 83.6 Å². The van der Waals surface area contributed by atoms with Crippen LogP contribution in [0, 0.1) is 12.3 Å². The fourth-order valence-electron chi connectivity index (χ4n) is 5.50. The van der Waals surface area contributed by atoms with Crippen LogP contribution in [-0.2, 0) is 25.2 Å². The molecule has 11 heteroatoms. The van der Waals surface area contributed by atoms with E-state index in [1.165, 1.54) is 6.07 Å². The number of anilines is 1. The molecule has 0 aromatic heterocycles. The highest BCUT2D eigenvalue weighted by molar-refractivity contribution is 6.02. The van der Waals surface area contributed by atoms with E-state index in [9.17, 15) is 22.8 Å². The number of epoxide rings is 1. The molecule has 2 aliphatic heterocycles. The maximum atomic E-state index is 14.4. The van der Waals surface area contributed by atoms with Crippen LogP contribution < -0.4 is 10.2 Å². The first kappa shape index (κ1) is 34.3. The van der Waals surface area contributed by atoms with E-state index in [4.69, 9.17) is 14.2 Å². The molecule has 0 aliphatic carbocycles. The van der Waals surface area contributed by atoms with Crippen LogP contribution in [0.2, 0.25) is 0 Å². The van der Waals surface area contributed by atoms with Crippen molar-refractivity contribution in [2.45, 2.75) is 91.1 Å². The molecule has 3 rings (SSSR count). The molecule has 2 aliphatic rings. The van der Waals surface area contributed by atoms with Crippen molar-refractivity contribution in [1.29, 1.82) is 0 Å². The zero-order valence-electron chi connectivity index (χ0n) is 25.9.